The van der Waals surface area contributed by atoms with Gasteiger partial charge in [0.2, 0.25) is 0 Å². The lowest BCUT2D eigenvalue weighted by molar-refractivity contribution is 0.0959. The SMILES string of the molecule is CC(C)CC(=O)c1ncccc1CO. The number of hydrogen-bond donors (Lipinski definition) is 1. The van der Waals surface area contributed by atoms with E-state index >= 15 is 0 Å². The first-order valence-electron chi connectivity index (χ1n) is 4.73. The average Bonchev–Trinajstić information content (AvgIpc) is 2.16. The third-order valence-electron chi connectivity index (χ3n) is 1.92. The number of pyridine rings is 1. The fourth-order valence-electron chi connectivity index (χ4n) is 1.28. The Morgan fingerprint density at radius 1 is 1.57 bits per heavy atom. The number of rotatable bonds is 4. The number of Topliss-reactive ketones (excluding diaryl/α,β-unsaturated/α-hetero) is 1. The number of ketones is 1. The molecule has 0 saturated heterocycles. The number of carbonyl (C=O) groups is 1. The maximum absolute atomic E-state index is 11.7. The Hall–Kier alpha value is -1.22. The second kappa shape index (κ2) is 4.86. The highest BCUT2D eigenvalue weighted by atomic mass is 16.3. The number of aliphatic hydroxyl groups is 1. The summed E-state index contributed by atoms with van der Waals surface area (Å²) in [5.74, 6) is 0.320. The second-order valence-corrected chi connectivity index (χ2v) is 3.69. The van der Waals surface area contributed by atoms with E-state index in [9.17, 15) is 4.79 Å². The van der Waals surface area contributed by atoms with Crippen LogP contribution in [0.1, 0.15) is 36.3 Å². The molecule has 1 rings (SSSR count). The summed E-state index contributed by atoms with van der Waals surface area (Å²) in [6, 6.07) is 3.44. The Morgan fingerprint density at radius 2 is 2.29 bits per heavy atom. The van der Waals surface area contributed by atoms with Crippen LogP contribution in [0, 0.1) is 5.92 Å². The molecule has 0 aliphatic heterocycles. The molecular weight excluding hydrogens is 178 g/mol. The lowest BCUT2D eigenvalue weighted by atomic mass is 10.0. The summed E-state index contributed by atoms with van der Waals surface area (Å²) < 4.78 is 0. The smallest absolute Gasteiger partial charge is 0.181 e. The minimum atomic E-state index is -0.132. The summed E-state index contributed by atoms with van der Waals surface area (Å²) >= 11 is 0. The van der Waals surface area contributed by atoms with Gasteiger partial charge in [-0.25, -0.2) is 0 Å². The number of carbonyl (C=O) groups excluding carboxylic acids is 1. The zero-order valence-corrected chi connectivity index (χ0v) is 8.53. The standard InChI is InChI=1S/C11H15NO2/c1-8(2)6-10(14)11-9(7-13)4-3-5-12-11/h3-5,8,13H,6-7H2,1-2H3. The zero-order chi connectivity index (χ0) is 10.6. The Balaban J connectivity index is 2.88. The van der Waals surface area contributed by atoms with Crippen LogP contribution in [0.5, 0.6) is 0 Å². The van der Waals surface area contributed by atoms with Crippen LogP contribution in [0.2, 0.25) is 0 Å². The van der Waals surface area contributed by atoms with Crippen molar-refractivity contribution in [1.82, 2.24) is 4.98 Å². The van der Waals surface area contributed by atoms with E-state index in [1.54, 1.807) is 18.3 Å². The van der Waals surface area contributed by atoms with Gasteiger partial charge in [0.25, 0.3) is 0 Å². The maximum Gasteiger partial charge on any atom is 0.181 e. The van der Waals surface area contributed by atoms with Crippen LogP contribution in [0.15, 0.2) is 18.3 Å². The Kier molecular flexibility index (Phi) is 3.77. The van der Waals surface area contributed by atoms with Crippen LogP contribution in [0.4, 0.5) is 0 Å². The molecule has 0 spiro atoms. The first-order chi connectivity index (χ1) is 6.65. The highest BCUT2D eigenvalue weighted by molar-refractivity contribution is 5.95. The summed E-state index contributed by atoms with van der Waals surface area (Å²) in [6.07, 6.45) is 2.05. The Morgan fingerprint density at radius 3 is 2.86 bits per heavy atom. The zero-order valence-electron chi connectivity index (χ0n) is 8.53. The van der Waals surface area contributed by atoms with Crippen molar-refractivity contribution in [2.24, 2.45) is 5.92 Å². The average molecular weight is 193 g/mol. The van der Waals surface area contributed by atoms with Gasteiger partial charge in [-0.15, -0.1) is 0 Å². The van der Waals surface area contributed by atoms with Gasteiger partial charge in [0.05, 0.1) is 6.61 Å². The third-order valence-corrected chi connectivity index (χ3v) is 1.92. The molecule has 1 N–H and O–H groups in total. The van der Waals surface area contributed by atoms with Gasteiger partial charge in [0.1, 0.15) is 5.69 Å². The van der Waals surface area contributed by atoms with Crippen LogP contribution in [-0.4, -0.2) is 15.9 Å². The normalized spacial score (nSPS) is 10.6. The maximum atomic E-state index is 11.7. The van der Waals surface area contributed by atoms with Crippen LogP contribution in [-0.2, 0) is 6.61 Å². The predicted octanol–water partition coefficient (Wildman–Crippen LogP) is 1.80. The second-order valence-electron chi connectivity index (χ2n) is 3.69. The molecule has 0 unspecified atom stereocenters. The largest absolute Gasteiger partial charge is 0.392 e. The van der Waals surface area contributed by atoms with Crippen LogP contribution >= 0.6 is 0 Å². The number of aromatic nitrogens is 1. The molecule has 76 valence electrons. The Bertz CT molecular complexity index is 321. The predicted molar refractivity (Wildman–Crippen MR) is 53.9 cm³/mol. The van der Waals surface area contributed by atoms with E-state index in [1.807, 2.05) is 13.8 Å². The van der Waals surface area contributed by atoms with Crippen molar-refractivity contribution in [2.75, 3.05) is 0 Å². The molecule has 0 fully saturated rings. The van der Waals surface area contributed by atoms with E-state index < -0.39 is 0 Å². The van der Waals surface area contributed by atoms with Crippen molar-refractivity contribution in [2.45, 2.75) is 26.9 Å². The van der Waals surface area contributed by atoms with E-state index in [0.29, 0.717) is 23.6 Å². The summed E-state index contributed by atoms with van der Waals surface area (Å²) in [5.41, 5.74) is 1.02. The Labute approximate surface area is 83.8 Å². The van der Waals surface area contributed by atoms with Gasteiger partial charge >= 0.3 is 0 Å². The van der Waals surface area contributed by atoms with E-state index in [2.05, 4.69) is 4.98 Å². The fraction of sp³-hybridized carbons (Fsp3) is 0.455. The number of hydrogen-bond acceptors (Lipinski definition) is 3. The summed E-state index contributed by atoms with van der Waals surface area (Å²) in [4.78, 5) is 15.7. The van der Waals surface area contributed by atoms with E-state index in [0.717, 1.165) is 0 Å². The molecule has 1 aromatic heterocycles. The first kappa shape index (κ1) is 10.9. The molecule has 0 aliphatic rings. The van der Waals surface area contributed by atoms with Crippen molar-refractivity contribution in [3.05, 3.63) is 29.6 Å². The van der Waals surface area contributed by atoms with Gasteiger partial charge in [0, 0.05) is 18.2 Å². The van der Waals surface area contributed by atoms with Crippen molar-refractivity contribution < 1.29 is 9.90 Å². The van der Waals surface area contributed by atoms with Crippen molar-refractivity contribution in [3.63, 3.8) is 0 Å². The van der Waals surface area contributed by atoms with Gasteiger partial charge in [-0.2, -0.15) is 0 Å². The summed E-state index contributed by atoms with van der Waals surface area (Å²) in [5, 5.41) is 9.01. The van der Waals surface area contributed by atoms with Gasteiger partial charge in [-0.3, -0.25) is 9.78 Å². The molecule has 1 aromatic rings. The van der Waals surface area contributed by atoms with E-state index in [-0.39, 0.29) is 12.4 Å². The third kappa shape index (κ3) is 2.64. The fourth-order valence-corrected chi connectivity index (χ4v) is 1.28. The minimum Gasteiger partial charge on any atom is -0.392 e. The summed E-state index contributed by atoms with van der Waals surface area (Å²) in [6.45, 7) is 3.84. The van der Waals surface area contributed by atoms with E-state index in [4.69, 9.17) is 5.11 Å². The first-order valence-corrected chi connectivity index (χ1v) is 4.73. The number of nitrogens with zero attached hydrogens (tertiary/aromatic N) is 1. The molecule has 0 aliphatic carbocycles. The molecular formula is C11H15NO2. The van der Waals surface area contributed by atoms with Crippen molar-refractivity contribution in [3.8, 4) is 0 Å². The number of aliphatic hydroxyl groups excluding tert-OH is 1. The topological polar surface area (TPSA) is 50.2 Å². The van der Waals surface area contributed by atoms with Crippen molar-refractivity contribution in [1.29, 1.82) is 0 Å². The van der Waals surface area contributed by atoms with Gasteiger partial charge in [-0.05, 0) is 12.0 Å². The van der Waals surface area contributed by atoms with Gasteiger partial charge < -0.3 is 5.11 Å². The molecule has 0 amide bonds. The molecule has 0 radical (unpaired) electrons. The molecule has 3 nitrogen and oxygen atoms in total. The quantitative estimate of drug-likeness (QED) is 0.742. The molecule has 3 heteroatoms. The summed E-state index contributed by atoms with van der Waals surface area (Å²) in [7, 11) is 0. The molecule has 14 heavy (non-hydrogen) atoms. The lowest BCUT2D eigenvalue weighted by Gasteiger charge is -2.06. The highest BCUT2D eigenvalue weighted by Crippen LogP contribution is 2.11. The molecule has 0 atom stereocenters. The highest BCUT2D eigenvalue weighted by Gasteiger charge is 2.13. The molecule has 0 saturated carbocycles. The molecule has 0 bridgehead atoms. The van der Waals surface area contributed by atoms with Gasteiger partial charge in [-0.1, -0.05) is 19.9 Å². The van der Waals surface area contributed by atoms with Crippen LogP contribution in [0.25, 0.3) is 0 Å². The monoisotopic (exact) mass is 193 g/mol. The minimum absolute atomic E-state index is 0.00431. The van der Waals surface area contributed by atoms with Crippen molar-refractivity contribution >= 4 is 5.78 Å². The van der Waals surface area contributed by atoms with E-state index in [1.165, 1.54) is 0 Å². The lowest BCUT2D eigenvalue weighted by Crippen LogP contribution is -2.09. The molecule has 0 aromatic carbocycles. The van der Waals surface area contributed by atoms with Crippen LogP contribution in [0.3, 0.4) is 0 Å². The van der Waals surface area contributed by atoms with Crippen LogP contribution < -0.4 is 0 Å². The van der Waals surface area contributed by atoms with Gasteiger partial charge in [0.15, 0.2) is 5.78 Å². The molecule has 1 heterocycles.